The van der Waals surface area contributed by atoms with Gasteiger partial charge in [-0.2, -0.15) is 0 Å². The Balaban J connectivity index is 3.57. The molecule has 0 aliphatic heterocycles. The van der Waals surface area contributed by atoms with Crippen LogP contribution in [0.15, 0.2) is 0 Å². The fraction of sp³-hybridized carbons (Fsp3) is 0.750. The Bertz CT molecular complexity index is 257. The SMILES string of the molecule is CC(CNC(=O)NCCS(C)=O)C(=O)O. The Morgan fingerprint density at radius 1 is 1.40 bits per heavy atom. The first-order valence-electron chi connectivity index (χ1n) is 4.48. The molecule has 0 aliphatic carbocycles. The first kappa shape index (κ1) is 13.9. The van der Waals surface area contributed by atoms with Crippen molar-refractivity contribution >= 4 is 22.8 Å². The Morgan fingerprint density at radius 2 is 2.00 bits per heavy atom. The van der Waals surface area contributed by atoms with E-state index in [-0.39, 0.29) is 6.54 Å². The predicted octanol–water partition coefficient (Wildman–Crippen LogP) is -0.615. The number of rotatable bonds is 6. The number of amides is 2. The molecule has 0 rings (SSSR count). The summed E-state index contributed by atoms with van der Waals surface area (Å²) >= 11 is 0. The first-order valence-corrected chi connectivity index (χ1v) is 6.20. The number of carboxylic acids is 1. The van der Waals surface area contributed by atoms with Crippen LogP contribution in [0.4, 0.5) is 4.79 Å². The van der Waals surface area contributed by atoms with Crippen molar-refractivity contribution in [1.29, 1.82) is 0 Å². The van der Waals surface area contributed by atoms with Gasteiger partial charge in [-0.1, -0.05) is 6.92 Å². The number of hydrogen-bond donors (Lipinski definition) is 3. The van der Waals surface area contributed by atoms with Crippen LogP contribution in [0.1, 0.15) is 6.92 Å². The summed E-state index contributed by atoms with van der Waals surface area (Å²) in [5, 5.41) is 13.4. The summed E-state index contributed by atoms with van der Waals surface area (Å²) in [7, 11) is -0.939. The van der Waals surface area contributed by atoms with E-state index in [0.29, 0.717) is 12.3 Å². The number of carbonyl (C=O) groups excluding carboxylic acids is 1. The maximum absolute atomic E-state index is 11.0. The lowest BCUT2D eigenvalue weighted by atomic mass is 10.2. The second-order valence-corrected chi connectivity index (χ2v) is 4.71. The molecule has 0 aromatic rings. The van der Waals surface area contributed by atoms with Crippen LogP contribution in [0, 0.1) is 5.92 Å². The summed E-state index contributed by atoms with van der Waals surface area (Å²) in [4.78, 5) is 21.4. The standard InChI is InChI=1S/C8H16N2O4S/c1-6(7(11)12)5-10-8(13)9-3-4-15(2)14/h6H,3-5H2,1-2H3,(H,11,12)(H2,9,10,13). The predicted molar refractivity (Wildman–Crippen MR) is 57.1 cm³/mol. The molecule has 2 unspecified atom stereocenters. The van der Waals surface area contributed by atoms with Gasteiger partial charge in [-0.3, -0.25) is 9.00 Å². The van der Waals surface area contributed by atoms with Gasteiger partial charge in [0.1, 0.15) is 0 Å². The van der Waals surface area contributed by atoms with Gasteiger partial charge in [-0.25, -0.2) is 4.79 Å². The van der Waals surface area contributed by atoms with Gasteiger partial charge < -0.3 is 15.7 Å². The number of urea groups is 1. The zero-order valence-corrected chi connectivity index (χ0v) is 9.60. The molecule has 0 saturated carbocycles. The summed E-state index contributed by atoms with van der Waals surface area (Å²) in [6, 6.07) is -0.437. The van der Waals surface area contributed by atoms with E-state index in [1.54, 1.807) is 6.26 Å². The van der Waals surface area contributed by atoms with Gasteiger partial charge in [0.25, 0.3) is 0 Å². The molecule has 3 N–H and O–H groups in total. The third-order valence-electron chi connectivity index (χ3n) is 1.67. The number of carbonyl (C=O) groups is 2. The van der Waals surface area contributed by atoms with E-state index < -0.39 is 28.7 Å². The maximum atomic E-state index is 11.0. The van der Waals surface area contributed by atoms with E-state index in [1.165, 1.54) is 6.92 Å². The highest BCUT2D eigenvalue weighted by Crippen LogP contribution is 1.90. The van der Waals surface area contributed by atoms with Crippen molar-refractivity contribution in [2.75, 3.05) is 25.1 Å². The van der Waals surface area contributed by atoms with Crippen LogP contribution in [0.5, 0.6) is 0 Å². The largest absolute Gasteiger partial charge is 0.481 e. The normalized spacial score (nSPS) is 14.0. The zero-order chi connectivity index (χ0) is 11.8. The molecular formula is C8H16N2O4S. The van der Waals surface area contributed by atoms with Crippen molar-refractivity contribution in [3.8, 4) is 0 Å². The molecule has 2 amide bonds. The van der Waals surface area contributed by atoms with Gasteiger partial charge in [0, 0.05) is 35.9 Å². The molecule has 15 heavy (non-hydrogen) atoms. The number of hydrogen-bond acceptors (Lipinski definition) is 3. The molecule has 0 heterocycles. The monoisotopic (exact) mass is 236 g/mol. The van der Waals surface area contributed by atoms with E-state index in [0.717, 1.165) is 0 Å². The number of aliphatic carboxylic acids is 1. The van der Waals surface area contributed by atoms with E-state index in [1.807, 2.05) is 0 Å². The van der Waals surface area contributed by atoms with Gasteiger partial charge >= 0.3 is 12.0 Å². The molecule has 0 aromatic heterocycles. The average Bonchev–Trinajstić information content (AvgIpc) is 2.13. The number of nitrogens with one attached hydrogen (secondary N) is 2. The summed E-state index contributed by atoms with van der Waals surface area (Å²) in [6.45, 7) is 1.90. The molecule has 0 saturated heterocycles. The van der Waals surface area contributed by atoms with E-state index in [9.17, 15) is 13.8 Å². The van der Waals surface area contributed by atoms with Crippen molar-refractivity contribution in [1.82, 2.24) is 10.6 Å². The molecule has 0 bridgehead atoms. The zero-order valence-electron chi connectivity index (χ0n) is 8.78. The average molecular weight is 236 g/mol. The smallest absolute Gasteiger partial charge is 0.314 e. The second kappa shape index (κ2) is 7.22. The van der Waals surface area contributed by atoms with Crippen LogP contribution < -0.4 is 10.6 Å². The third-order valence-corrected chi connectivity index (χ3v) is 2.44. The Hall–Kier alpha value is -1.11. The minimum Gasteiger partial charge on any atom is -0.481 e. The van der Waals surface area contributed by atoms with E-state index in [2.05, 4.69) is 10.6 Å². The van der Waals surface area contributed by atoms with Crippen molar-refractivity contribution in [2.24, 2.45) is 5.92 Å². The summed E-state index contributed by atoms with van der Waals surface area (Å²) in [6.07, 6.45) is 1.55. The Morgan fingerprint density at radius 3 is 2.47 bits per heavy atom. The summed E-state index contributed by atoms with van der Waals surface area (Å²) < 4.78 is 10.6. The minimum absolute atomic E-state index is 0.0797. The van der Waals surface area contributed by atoms with E-state index in [4.69, 9.17) is 5.11 Å². The van der Waals surface area contributed by atoms with Crippen molar-refractivity contribution in [3.63, 3.8) is 0 Å². The lowest BCUT2D eigenvalue weighted by molar-refractivity contribution is -0.140. The molecule has 6 nitrogen and oxygen atoms in total. The Kier molecular flexibility index (Phi) is 6.68. The molecule has 0 radical (unpaired) electrons. The van der Waals surface area contributed by atoms with Gasteiger partial charge in [0.2, 0.25) is 0 Å². The second-order valence-electron chi connectivity index (χ2n) is 3.15. The van der Waals surface area contributed by atoms with Crippen LogP contribution >= 0.6 is 0 Å². The molecule has 0 aromatic carbocycles. The van der Waals surface area contributed by atoms with Gasteiger partial charge in [0.15, 0.2) is 0 Å². The lowest BCUT2D eigenvalue weighted by Gasteiger charge is -2.09. The van der Waals surface area contributed by atoms with Crippen LogP contribution in [-0.4, -0.2) is 46.4 Å². The van der Waals surface area contributed by atoms with Crippen LogP contribution in [0.3, 0.4) is 0 Å². The highest BCUT2D eigenvalue weighted by Gasteiger charge is 2.11. The highest BCUT2D eigenvalue weighted by atomic mass is 32.2. The minimum atomic E-state index is -0.954. The van der Waals surface area contributed by atoms with Crippen molar-refractivity contribution < 1.29 is 18.9 Å². The summed E-state index contributed by atoms with van der Waals surface area (Å²) in [5.74, 6) is -1.18. The molecule has 2 atom stereocenters. The van der Waals surface area contributed by atoms with Crippen molar-refractivity contribution in [2.45, 2.75) is 6.92 Å². The molecule has 88 valence electrons. The van der Waals surface area contributed by atoms with Gasteiger partial charge in [0.05, 0.1) is 5.92 Å². The molecule has 0 fully saturated rings. The number of carboxylic acid groups (broad SMARTS) is 1. The fourth-order valence-corrected chi connectivity index (χ4v) is 1.09. The molecule has 0 aliphatic rings. The van der Waals surface area contributed by atoms with Crippen molar-refractivity contribution in [3.05, 3.63) is 0 Å². The molecule has 7 heteroatoms. The molecule has 0 spiro atoms. The van der Waals surface area contributed by atoms with E-state index >= 15 is 0 Å². The van der Waals surface area contributed by atoms with Crippen LogP contribution in [0.25, 0.3) is 0 Å². The van der Waals surface area contributed by atoms with Crippen LogP contribution in [0.2, 0.25) is 0 Å². The third kappa shape index (κ3) is 7.92. The highest BCUT2D eigenvalue weighted by molar-refractivity contribution is 7.84. The van der Waals surface area contributed by atoms with Gasteiger partial charge in [-0.05, 0) is 0 Å². The van der Waals surface area contributed by atoms with Gasteiger partial charge in [-0.15, -0.1) is 0 Å². The lowest BCUT2D eigenvalue weighted by Crippen LogP contribution is -2.40. The topological polar surface area (TPSA) is 95.5 Å². The van der Waals surface area contributed by atoms with Crippen LogP contribution in [-0.2, 0) is 15.6 Å². The first-order chi connectivity index (χ1) is 6.93. The maximum Gasteiger partial charge on any atom is 0.314 e. The summed E-state index contributed by atoms with van der Waals surface area (Å²) in [5.41, 5.74) is 0. The Labute approximate surface area is 90.9 Å². The fourth-order valence-electron chi connectivity index (χ4n) is 0.704. The molecular weight excluding hydrogens is 220 g/mol. The quantitative estimate of drug-likeness (QED) is 0.573.